The molecule has 104 valence electrons. The van der Waals surface area contributed by atoms with Crippen molar-refractivity contribution in [2.45, 2.75) is 0 Å². The minimum atomic E-state index is -4.15. The highest BCUT2D eigenvalue weighted by atomic mass is 31.2. The fourth-order valence-corrected chi connectivity index (χ4v) is 1.67. The van der Waals surface area contributed by atoms with Crippen LogP contribution in [0.2, 0.25) is 0 Å². The van der Waals surface area contributed by atoms with E-state index in [9.17, 15) is 4.57 Å². The third kappa shape index (κ3) is 3.61. The molecule has 0 atom stereocenters. The molecule has 0 saturated heterocycles. The summed E-state index contributed by atoms with van der Waals surface area (Å²) in [6.45, 7) is 0.0979. The van der Waals surface area contributed by atoms with E-state index in [2.05, 4.69) is 15.0 Å². The Labute approximate surface area is 107 Å². The van der Waals surface area contributed by atoms with Crippen LogP contribution in [0.3, 0.4) is 0 Å². The van der Waals surface area contributed by atoms with Gasteiger partial charge in [0, 0.05) is 0 Å². The van der Waals surface area contributed by atoms with Crippen LogP contribution in [-0.4, -0.2) is 49.0 Å². The summed E-state index contributed by atoms with van der Waals surface area (Å²) in [7, 11) is -4.15. The van der Waals surface area contributed by atoms with Gasteiger partial charge in [0.15, 0.2) is 11.3 Å². The molecular formula is C8H12N5O5P. The number of hydrogen-bond acceptors (Lipinski definition) is 7. The van der Waals surface area contributed by atoms with Crippen LogP contribution in [0.25, 0.3) is 11.2 Å². The van der Waals surface area contributed by atoms with Gasteiger partial charge in [0.1, 0.15) is 25.6 Å². The molecule has 0 aliphatic rings. The topological polar surface area (TPSA) is 146 Å². The molecule has 0 bridgehead atoms. The van der Waals surface area contributed by atoms with Crippen molar-refractivity contribution in [3.8, 4) is 0 Å². The van der Waals surface area contributed by atoms with E-state index in [4.69, 9.17) is 25.1 Å². The van der Waals surface area contributed by atoms with Crippen molar-refractivity contribution in [1.82, 2.24) is 19.7 Å². The lowest BCUT2D eigenvalue weighted by molar-refractivity contribution is 0.0522. The number of fused-ring (bicyclic) bond motifs is 1. The zero-order chi connectivity index (χ0) is 13.9. The summed E-state index contributed by atoms with van der Waals surface area (Å²) in [4.78, 5) is 34.1. The molecule has 2 aromatic rings. The van der Waals surface area contributed by atoms with Gasteiger partial charge in [-0.3, -0.25) is 4.57 Å². The van der Waals surface area contributed by atoms with E-state index in [0.717, 1.165) is 0 Å². The minimum absolute atomic E-state index is 0.0192. The first-order chi connectivity index (χ1) is 8.97. The molecule has 4 N–H and O–H groups in total. The standard InChI is InChI=1S/C8H12N5O5P/c9-7-6-8(11-3-10-7)13(4-12-6)18-2-1-17-5-19(14,15)16/h3-4H,1-2,5H2,(H2,9,10,11)(H2,14,15,16). The molecule has 0 radical (unpaired) electrons. The molecule has 0 spiro atoms. The van der Waals surface area contributed by atoms with E-state index in [1.165, 1.54) is 17.4 Å². The summed E-state index contributed by atoms with van der Waals surface area (Å²) in [5.41, 5.74) is 6.42. The van der Waals surface area contributed by atoms with Gasteiger partial charge in [-0.05, 0) is 0 Å². The molecule has 0 saturated carbocycles. The monoisotopic (exact) mass is 289 g/mol. The van der Waals surface area contributed by atoms with Gasteiger partial charge in [0.2, 0.25) is 5.65 Å². The van der Waals surface area contributed by atoms with Crippen LogP contribution in [0.1, 0.15) is 0 Å². The van der Waals surface area contributed by atoms with Crippen molar-refractivity contribution in [3.63, 3.8) is 0 Å². The number of nitrogen functional groups attached to an aromatic ring is 1. The lowest BCUT2D eigenvalue weighted by Crippen LogP contribution is -2.17. The predicted octanol–water partition coefficient (Wildman–Crippen LogP) is -1.01. The fraction of sp³-hybridized carbons (Fsp3) is 0.375. The van der Waals surface area contributed by atoms with Crippen LogP contribution in [0.4, 0.5) is 5.82 Å². The fourth-order valence-electron chi connectivity index (χ4n) is 1.31. The average Bonchev–Trinajstić information content (AvgIpc) is 2.72. The summed E-state index contributed by atoms with van der Waals surface area (Å²) >= 11 is 0. The van der Waals surface area contributed by atoms with Gasteiger partial charge in [-0.2, -0.15) is 4.73 Å². The summed E-state index contributed by atoms with van der Waals surface area (Å²) in [6.07, 6.45) is 2.01. The van der Waals surface area contributed by atoms with Crippen molar-refractivity contribution < 1.29 is 23.9 Å². The molecule has 0 fully saturated rings. The number of nitrogens with two attached hydrogens (primary N) is 1. The molecular weight excluding hydrogens is 277 g/mol. The normalized spacial score (nSPS) is 11.9. The Bertz CT molecular complexity index is 611. The van der Waals surface area contributed by atoms with E-state index < -0.39 is 13.9 Å². The number of anilines is 1. The number of ether oxygens (including phenoxy) is 1. The van der Waals surface area contributed by atoms with Gasteiger partial charge < -0.3 is 25.1 Å². The highest BCUT2D eigenvalue weighted by Gasteiger charge is 2.12. The summed E-state index contributed by atoms with van der Waals surface area (Å²) in [5.74, 6) is 0.241. The molecule has 10 nitrogen and oxygen atoms in total. The minimum Gasteiger partial charge on any atom is -0.408 e. The second-order valence-electron chi connectivity index (χ2n) is 3.54. The van der Waals surface area contributed by atoms with Crippen LogP contribution in [0.5, 0.6) is 0 Å². The van der Waals surface area contributed by atoms with Gasteiger partial charge in [0.05, 0.1) is 6.61 Å². The van der Waals surface area contributed by atoms with Gasteiger partial charge in [0.25, 0.3) is 0 Å². The smallest absolute Gasteiger partial charge is 0.350 e. The first-order valence-corrected chi connectivity index (χ1v) is 6.96. The van der Waals surface area contributed by atoms with Crippen LogP contribution in [0, 0.1) is 0 Å². The van der Waals surface area contributed by atoms with E-state index in [0.29, 0.717) is 11.2 Å². The maximum atomic E-state index is 10.5. The quantitative estimate of drug-likeness (QED) is 0.449. The predicted molar refractivity (Wildman–Crippen MR) is 64.0 cm³/mol. The van der Waals surface area contributed by atoms with E-state index >= 15 is 0 Å². The van der Waals surface area contributed by atoms with Crippen LogP contribution in [0.15, 0.2) is 12.7 Å². The molecule has 19 heavy (non-hydrogen) atoms. The summed E-state index contributed by atoms with van der Waals surface area (Å²) < 4.78 is 16.6. The Morgan fingerprint density at radius 3 is 2.84 bits per heavy atom. The molecule has 0 aromatic carbocycles. The van der Waals surface area contributed by atoms with E-state index in [1.54, 1.807) is 0 Å². The Morgan fingerprint density at radius 2 is 2.11 bits per heavy atom. The van der Waals surface area contributed by atoms with E-state index in [1.807, 2.05) is 0 Å². The molecule has 0 aliphatic carbocycles. The van der Waals surface area contributed by atoms with Crippen molar-refractivity contribution in [2.75, 3.05) is 25.3 Å². The number of hydrogen-bond donors (Lipinski definition) is 3. The largest absolute Gasteiger partial charge is 0.408 e. The van der Waals surface area contributed by atoms with Crippen molar-refractivity contribution in [3.05, 3.63) is 12.7 Å². The van der Waals surface area contributed by atoms with Gasteiger partial charge in [-0.25, -0.2) is 15.0 Å². The van der Waals surface area contributed by atoms with Gasteiger partial charge in [-0.15, -0.1) is 0 Å². The Balaban J connectivity index is 1.89. The number of aromatic nitrogens is 4. The van der Waals surface area contributed by atoms with Gasteiger partial charge in [-0.1, -0.05) is 0 Å². The highest BCUT2D eigenvalue weighted by Crippen LogP contribution is 2.33. The number of imidazole rings is 1. The zero-order valence-corrected chi connectivity index (χ0v) is 10.6. The summed E-state index contributed by atoms with van der Waals surface area (Å²) in [5, 5.41) is 0. The molecule has 11 heteroatoms. The van der Waals surface area contributed by atoms with Crippen LogP contribution in [-0.2, 0) is 9.30 Å². The highest BCUT2D eigenvalue weighted by molar-refractivity contribution is 7.51. The second kappa shape index (κ2) is 5.49. The molecule has 2 aromatic heterocycles. The van der Waals surface area contributed by atoms with E-state index in [-0.39, 0.29) is 19.0 Å². The lowest BCUT2D eigenvalue weighted by Gasteiger charge is -2.08. The molecule has 2 rings (SSSR count). The SMILES string of the molecule is Nc1ncnc2c1ncn2OCCOCP(=O)(O)O. The van der Waals surface area contributed by atoms with Crippen molar-refractivity contribution in [2.24, 2.45) is 0 Å². The number of rotatable bonds is 6. The first kappa shape index (κ1) is 13.7. The third-order valence-corrected chi connectivity index (χ3v) is 2.57. The Morgan fingerprint density at radius 1 is 1.32 bits per heavy atom. The zero-order valence-electron chi connectivity index (χ0n) is 9.71. The Kier molecular flexibility index (Phi) is 3.96. The summed E-state index contributed by atoms with van der Waals surface area (Å²) in [6, 6.07) is 0. The Hall–Kier alpha value is -1.74. The van der Waals surface area contributed by atoms with Crippen molar-refractivity contribution in [1.29, 1.82) is 0 Å². The maximum Gasteiger partial charge on any atom is 0.350 e. The molecule has 0 unspecified atom stereocenters. The molecule has 0 aliphatic heterocycles. The van der Waals surface area contributed by atoms with Crippen molar-refractivity contribution >= 4 is 24.6 Å². The average molecular weight is 289 g/mol. The molecule has 2 heterocycles. The second-order valence-corrected chi connectivity index (χ2v) is 5.12. The third-order valence-electron chi connectivity index (χ3n) is 2.05. The molecule has 0 amide bonds. The maximum absolute atomic E-state index is 10.5. The lowest BCUT2D eigenvalue weighted by atomic mass is 10.5. The number of nitrogens with zero attached hydrogens (tertiary/aromatic N) is 4. The van der Waals surface area contributed by atoms with Gasteiger partial charge >= 0.3 is 7.60 Å². The van der Waals surface area contributed by atoms with Crippen LogP contribution < -0.4 is 10.6 Å². The van der Waals surface area contributed by atoms with Crippen LogP contribution >= 0.6 is 7.60 Å². The first-order valence-electron chi connectivity index (χ1n) is 5.16.